The van der Waals surface area contributed by atoms with Crippen LogP contribution in [-0.4, -0.2) is 26.6 Å². The fraction of sp³-hybridized carbons (Fsp3) is 0.125. The SMILES string of the molecule is O=C(CCn1cncn1)Nc1ccccc1NC(=O)c1cccs1. The second-order valence-corrected chi connectivity index (χ2v) is 5.88. The van der Waals surface area contributed by atoms with Gasteiger partial charge in [-0.15, -0.1) is 11.3 Å². The maximum Gasteiger partial charge on any atom is 0.265 e. The van der Waals surface area contributed by atoms with Gasteiger partial charge in [-0.3, -0.25) is 14.3 Å². The van der Waals surface area contributed by atoms with E-state index in [4.69, 9.17) is 0 Å². The summed E-state index contributed by atoms with van der Waals surface area (Å²) in [5.74, 6) is -0.363. The Labute approximate surface area is 142 Å². The Morgan fingerprint density at radius 1 is 1.08 bits per heavy atom. The van der Waals surface area contributed by atoms with Crippen LogP contribution in [0.5, 0.6) is 0 Å². The van der Waals surface area contributed by atoms with Crippen molar-refractivity contribution in [2.24, 2.45) is 0 Å². The van der Waals surface area contributed by atoms with Crippen molar-refractivity contribution in [3.63, 3.8) is 0 Å². The third-order valence-electron chi connectivity index (χ3n) is 3.23. The van der Waals surface area contributed by atoms with E-state index in [0.29, 0.717) is 22.8 Å². The molecule has 2 N–H and O–H groups in total. The van der Waals surface area contributed by atoms with Crippen molar-refractivity contribution < 1.29 is 9.59 Å². The van der Waals surface area contributed by atoms with E-state index in [1.54, 1.807) is 41.3 Å². The molecule has 0 unspecified atom stereocenters. The van der Waals surface area contributed by atoms with Crippen LogP contribution in [0.3, 0.4) is 0 Å². The second-order valence-electron chi connectivity index (χ2n) is 4.93. The number of benzene rings is 1. The number of carbonyl (C=O) groups is 2. The van der Waals surface area contributed by atoms with E-state index in [0.717, 1.165) is 0 Å². The molecule has 0 bridgehead atoms. The molecular weight excluding hydrogens is 326 g/mol. The van der Waals surface area contributed by atoms with E-state index in [2.05, 4.69) is 20.7 Å². The maximum atomic E-state index is 12.2. The van der Waals surface area contributed by atoms with Crippen molar-refractivity contribution in [3.05, 3.63) is 59.3 Å². The zero-order chi connectivity index (χ0) is 16.8. The van der Waals surface area contributed by atoms with Crippen molar-refractivity contribution in [2.45, 2.75) is 13.0 Å². The molecular formula is C16H15N5O2S. The van der Waals surface area contributed by atoms with Gasteiger partial charge in [0.15, 0.2) is 0 Å². The summed E-state index contributed by atoms with van der Waals surface area (Å²) in [4.78, 5) is 28.7. The van der Waals surface area contributed by atoms with Gasteiger partial charge in [0.1, 0.15) is 12.7 Å². The Hall–Kier alpha value is -3.00. The van der Waals surface area contributed by atoms with Crippen LogP contribution in [0.4, 0.5) is 11.4 Å². The van der Waals surface area contributed by atoms with Crippen LogP contribution in [-0.2, 0) is 11.3 Å². The van der Waals surface area contributed by atoms with Gasteiger partial charge >= 0.3 is 0 Å². The first-order valence-corrected chi connectivity index (χ1v) is 8.16. The predicted molar refractivity (Wildman–Crippen MR) is 92.0 cm³/mol. The number of carbonyl (C=O) groups excluding carboxylic acids is 2. The lowest BCUT2D eigenvalue weighted by Crippen LogP contribution is -2.17. The molecule has 7 nitrogen and oxygen atoms in total. The van der Waals surface area contributed by atoms with E-state index < -0.39 is 0 Å². The molecule has 0 spiro atoms. The highest BCUT2D eigenvalue weighted by Gasteiger charge is 2.11. The molecule has 122 valence electrons. The average Bonchev–Trinajstić information content (AvgIpc) is 3.28. The number of nitrogens with zero attached hydrogens (tertiary/aromatic N) is 3. The normalized spacial score (nSPS) is 10.3. The van der Waals surface area contributed by atoms with Gasteiger partial charge in [-0.25, -0.2) is 4.98 Å². The van der Waals surface area contributed by atoms with Crippen LogP contribution >= 0.6 is 11.3 Å². The summed E-state index contributed by atoms with van der Waals surface area (Å²) >= 11 is 1.36. The van der Waals surface area contributed by atoms with Gasteiger partial charge in [-0.1, -0.05) is 18.2 Å². The number of aromatic nitrogens is 3. The minimum atomic E-state index is -0.200. The molecule has 0 aliphatic heterocycles. The first-order valence-electron chi connectivity index (χ1n) is 7.28. The third kappa shape index (κ3) is 4.05. The van der Waals surface area contributed by atoms with Gasteiger partial charge in [0.2, 0.25) is 5.91 Å². The van der Waals surface area contributed by atoms with Gasteiger partial charge in [0.05, 0.1) is 22.8 Å². The highest BCUT2D eigenvalue weighted by molar-refractivity contribution is 7.12. The quantitative estimate of drug-likeness (QED) is 0.721. The zero-order valence-corrected chi connectivity index (χ0v) is 13.5. The predicted octanol–water partition coefficient (Wildman–Crippen LogP) is 2.62. The lowest BCUT2D eigenvalue weighted by atomic mass is 10.2. The standard InChI is InChI=1S/C16H15N5O2S/c22-15(7-8-21-11-17-10-18-21)19-12-4-1-2-5-13(12)20-16(23)14-6-3-9-24-14/h1-6,9-11H,7-8H2,(H,19,22)(H,20,23). The molecule has 0 saturated heterocycles. The topological polar surface area (TPSA) is 88.9 Å². The second kappa shape index (κ2) is 7.51. The summed E-state index contributed by atoms with van der Waals surface area (Å²) in [6.07, 6.45) is 3.24. The monoisotopic (exact) mass is 341 g/mol. The number of anilines is 2. The summed E-state index contributed by atoms with van der Waals surface area (Å²) < 4.78 is 1.59. The molecule has 8 heteroatoms. The molecule has 0 saturated carbocycles. The molecule has 0 fully saturated rings. The molecule has 0 aliphatic carbocycles. The van der Waals surface area contributed by atoms with Crippen LogP contribution < -0.4 is 10.6 Å². The number of aryl methyl sites for hydroxylation is 1. The van der Waals surface area contributed by atoms with Gasteiger partial charge in [0, 0.05) is 6.42 Å². The van der Waals surface area contributed by atoms with Crippen molar-refractivity contribution in [1.29, 1.82) is 0 Å². The smallest absolute Gasteiger partial charge is 0.265 e. The van der Waals surface area contributed by atoms with E-state index in [9.17, 15) is 9.59 Å². The van der Waals surface area contributed by atoms with E-state index in [-0.39, 0.29) is 18.2 Å². The largest absolute Gasteiger partial charge is 0.324 e. The number of hydrogen-bond donors (Lipinski definition) is 2. The molecule has 3 aromatic rings. The molecule has 0 radical (unpaired) electrons. The number of nitrogens with one attached hydrogen (secondary N) is 2. The van der Waals surface area contributed by atoms with Crippen molar-refractivity contribution >= 4 is 34.5 Å². The number of para-hydroxylation sites is 2. The van der Waals surface area contributed by atoms with Crippen LogP contribution in [0.2, 0.25) is 0 Å². The number of rotatable bonds is 6. The van der Waals surface area contributed by atoms with E-state index in [1.165, 1.54) is 17.7 Å². The van der Waals surface area contributed by atoms with Gasteiger partial charge < -0.3 is 10.6 Å². The first kappa shape index (κ1) is 15.9. The Morgan fingerprint density at radius 3 is 2.54 bits per heavy atom. The molecule has 2 amide bonds. The van der Waals surface area contributed by atoms with Crippen LogP contribution in [0.1, 0.15) is 16.1 Å². The number of hydrogen-bond acceptors (Lipinski definition) is 5. The van der Waals surface area contributed by atoms with Crippen LogP contribution in [0.25, 0.3) is 0 Å². The Bertz CT molecular complexity index is 815. The Morgan fingerprint density at radius 2 is 1.88 bits per heavy atom. The van der Waals surface area contributed by atoms with Crippen molar-refractivity contribution in [3.8, 4) is 0 Å². The molecule has 24 heavy (non-hydrogen) atoms. The van der Waals surface area contributed by atoms with E-state index >= 15 is 0 Å². The number of thiophene rings is 1. The van der Waals surface area contributed by atoms with E-state index in [1.807, 2.05) is 11.4 Å². The van der Waals surface area contributed by atoms with Crippen molar-refractivity contribution in [2.75, 3.05) is 10.6 Å². The number of amides is 2. The molecule has 0 atom stereocenters. The highest BCUT2D eigenvalue weighted by atomic mass is 32.1. The van der Waals surface area contributed by atoms with Gasteiger partial charge in [-0.2, -0.15) is 5.10 Å². The lowest BCUT2D eigenvalue weighted by Gasteiger charge is -2.11. The van der Waals surface area contributed by atoms with Crippen LogP contribution in [0, 0.1) is 0 Å². The maximum absolute atomic E-state index is 12.2. The molecule has 2 heterocycles. The average molecular weight is 341 g/mol. The summed E-state index contributed by atoms with van der Waals surface area (Å²) in [5.41, 5.74) is 1.12. The molecule has 3 rings (SSSR count). The summed E-state index contributed by atoms with van der Waals surface area (Å²) in [6.45, 7) is 0.440. The Kier molecular flexibility index (Phi) is 4.97. The zero-order valence-electron chi connectivity index (χ0n) is 12.7. The van der Waals surface area contributed by atoms with Crippen LogP contribution in [0.15, 0.2) is 54.4 Å². The summed E-state index contributed by atoms with van der Waals surface area (Å²) in [5, 5.41) is 11.4. The highest BCUT2D eigenvalue weighted by Crippen LogP contribution is 2.22. The molecule has 1 aromatic carbocycles. The summed E-state index contributed by atoms with van der Waals surface area (Å²) in [7, 11) is 0. The minimum absolute atomic E-state index is 0.164. The fourth-order valence-electron chi connectivity index (χ4n) is 2.07. The van der Waals surface area contributed by atoms with Crippen molar-refractivity contribution in [1.82, 2.24) is 14.8 Å². The summed E-state index contributed by atoms with van der Waals surface area (Å²) in [6, 6.07) is 10.7. The fourth-order valence-corrected chi connectivity index (χ4v) is 2.69. The minimum Gasteiger partial charge on any atom is -0.324 e. The molecule has 0 aliphatic rings. The third-order valence-corrected chi connectivity index (χ3v) is 4.10. The first-order chi connectivity index (χ1) is 11.7. The lowest BCUT2D eigenvalue weighted by molar-refractivity contribution is -0.116. The van der Waals surface area contributed by atoms with Gasteiger partial charge in [0.25, 0.3) is 5.91 Å². The van der Waals surface area contributed by atoms with Gasteiger partial charge in [-0.05, 0) is 23.6 Å². The molecule has 2 aromatic heterocycles. The Balaban J connectivity index is 1.63.